The first-order chi connectivity index (χ1) is 13.2. The zero-order valence-corrected chi connectivity index (χ0v) is 17.8. The van der Waals surface area contributed by atoms with Crippen LogP contribution in [0.1, 0.15) is 12.0 Å². The number of aryl methyl sites for hydroxylation is 1. The number of amides is 1. The second-order valence-corrected chi connectivity index (χ2v) is 9.59. The number of fused-ring (bicyclic) bond motifs is 1. The van der Waals surface area contributed by atoms with E-state index in [9.17, 15) is 13.2 Å². The van der Waals surface area contributed by atoms with E-state index >= 15 is 0 Å². The smallest absolute Gasteiger partial charge is 0.264 e. The maximum atomic E-state index is 12.7. The lowest BCUT2D eigenvalue weighted by Crippen LogP contribution is -2.38. The Morgan fingerprint density at radius 1 is 1.18 bits per heavy atom. The highest BCUT2D eigenvalue weighted by Crippen LogP contribution is 2.31. The fourth-order valence-corrected chi connectivity index (χ4v) is 4.30. The Morgan fingerprint density at radius 2 is 1.93 bits per heavy atom. The Bertz CT molecular complexity index is 1010. The maximum absolute atomic E-state index is 12.7. The van der Waals surface area contributed by atoms with Crippen LogP contribution in [-0.4, -0.2) is 45.9 Å². The number of carbonyl (C=O) groups excluding carboxylic acids is 1. The minimum Gasteiger partial charge on any atom is -0.482 e. The number of ether oxygens (including phenoxy) is 1. The van der Waals surface area contributed by atoms with Crippen molar-refractivity contribution in [2.24, 2.45) is 0 Å². The molecule has 2 aromatic rings. The topological polar surface area (TPSA) is 66.9 Å². The molecule has 0 saturated carbocycles. The lowest BCUT2D eigenvalue weighted by atomic mass is 10.0. The number of hydrogen-bond donors (Lipinski definition) is 0. The van der Waals surface area contributed by atoms with Crippen molar-refractivity contribution in [1.82, 2.24) is 4.31 Å². The van der Waals surface area contributed by atoms with Crippen LogP contribution in [0.5, 0.6) is 5.75 Å². The zero-order valence-electron chi connectivity index (χ0n) is 15.5. The van der Waals surface area contributed by atoms with Gasteiger partial charge < -0.3 is 9.64 Å². The van der Waals surface area contributed by atoms with Gasteiger partial charge in [0.25, 0.3) is 5.91 Å². The number of sulfonamides is 1. The van der Waals surface area contributed by atoms with Crippen LogP contribution in [0.2, 0.25) is 10.0 Å². The normalized spacial score (nSPS) is 14.1. The summed E-state index contributed by atoms with van der Waals surface area (Å²) in [4.78, 5) is 14.5. The second kappa shape index (κ2) is 8.29. The molecule has 0 unspecified atom stereocenters. The van der Waals surface area contributed by atoms with Gasteiger partial charge in [-0.05, 0) is 48.7 Å². The van der Waals surface area contributed by atoms with Crippen molar-refractivity contribution in [1.29, 1.82) is 0 Å². The Balaban J connectivity index is 1.80. The molecule has 2 aromatic carbocycles. The van der Waals surface area contributed by atoms with Crippen LogP contribution in [0.25, 0.3) is 0 Å². The summed E-state index contributed by atoms with van der Waals surface area (Å²) in [6, 6.07) is 9.63. The molecule has 0 bridgehead atoms. The number of anilines is 1. The second-order valence-electron chi connectivity index (χ2n) is 6.59. The molecule has 0 fully saturated rings. The number of nitrogens with zero attached hydrogens (tertiary/aromatic N) is 2. The van der Waals surface area contributed by atoms with E-state index in [1.54, 1.807) is 35.2 Å². The van der Waals surface area contributed by atoms with Gasteiger partial charge in [0.1, 0.15) is 5.75 Å². The largest absolute Gasteiger partial charge is 0.482 e. The number of rotatable bonds is 5. The Morgan fingerprint density at radius 3 is 2.64 bits per heavy atom. The van der Waals surface area contributed by atoms with Crippen LogP contribution < -0.4 is 9.64 Å². The molecular weight excluding hydrogens is 423 g/mol. The molecule has 0 atom stereocenters. The van der Waals surface area contributed by atoms with Crippen LogP contribution in [-0.2, 0) is 21.2 Å². The standard InChI is InChI=1S/C19H20Cl2N2O4S/c1-22(2)28(25,26)15-6-8-17-13(10-15)4-3-9-23(17)19(24)12-27-18-11-14(20)5-7-16(18)21/h5-8,10-11H,3-4,9,12H2,1-2H3. The predicted molar refractivity (Wildman–Crippen MR) is 110 cm³/mol. The number of halogens is 2. The van der Waals surface area contributed by atoms with Crippen molar-refractivity contribution in [3.8, 4) is 5.75 Å². The van der Waals surface area contributed by atoms with Crippen LogP contribution in [0, 0.1) is 0 Å². The van der Waals surface area contributed by atoms with Gasteiger partial charge in [-0.25, -0.2) is 12.7 Å². The molecule has 1 heterocycles. The monoisotopic (exact) mass is 442 g/mol. The van der Waals surface area contributed by atoms with Crippen molar-refractivity contribution in [3.63, 3.8) is 0 Å². The average Bonchev–Trinajstić information content (AvgIpc) is 2.67. The first kappa shape index (κ1) is 20.9. The van der Waals surface area contributed by atoms with Gasteiger partial charge in [0.15, 0.2) is 6.61 Å². The zero-order chi connectivity index (χ0) is 20.5. The third kappa shape index (κ3) is 4.27. The van der Waals surface area contributed by atoms with E-state index in [4.69, 9.17) is 27.9 Å². The van der Waals surface area contributed by atoms with Gasteiger partial charge in [0.05, 0.1) is 9.92 Å². The fourth-order valence-electron chi connectivity index (χ4n) is 3.01. The van der Waals surface area contributed by atoms with E-state index in [0.29, 0.717) is 34.4 Å². The number of carbonyl (C=O) groups is 1. The van der Waals surface area contributed by atoms with Gasteiger partial charge in [0.2, 0.25) is 10.0 Å². The van der Waals surface area contributed by atoms with E-state index in [1.165, 1.54) is 24.5 Å². The molecule has 9 heteroatoms. The molecule has 1 aliphatic rings. The molecule has 0 aliphatic carbocycles. The Hall–Kier alpha value is -1.80. The summed E-state index contributed by atoms with van der Waals surface area (Å²) in [7, 11) is -0.547. The third-order valence-electron chi connectivity index (χ3n) is 4.49. The SMILES string of the molecule is CN(C)S(=O)(=O)c1ccc2c(c1)CCCN2C(=O)COc1cc(Cl)ccc1Cl. The van der Waals surface area contributed by atoms with Crippen LogP contribution in [0.4, 0.5) is 5.69 Å². The summed E-state index contributed by atoms with van der Waals surface area (Å²) in [5.74, 6) is 0.104. The van der Waals surface area contributed by atoms with Gasteiger partial charge in [0, 0.05) is 37.4 Å². The fraction of sp³-hybridized carbons (Fsp3) is 0.316. The molecule has 0 N–H and O–H groups in total. The maximum Gasteiger partial charge on any atom is 0.264 e. The van der Waals surface area contributed by atoms with Gasteiger partial charge in [-0.1, -0.05) is 23.2 Å². The quantitative estimate of drug-likeness (QED) is 0.709. The van der Waals surface area contributed by atoms with E-state index in [2.05, 4.69) is 0 Å². The van der Waals surface area contributed by atoms with Crippen molar-refractivity contribution < 1.29 is 17.9 Å². The molecule has 0 saturated heterocycles. The summed E-state index contributed by atoms with van der Waals surface area (Å²) in [5, 5.41) is 0.833. The number of hydrogen-bond acceptors (Lipinski definition) is 4. The van der Waals surface area contributed by atoms with Gasteiger partial charge in [-0.3, -0.25) is 4.79 Å². The molecule has 1 amide bonds. The van der Waals surface area contributed by atoms with Crippen molar-refractivity contribution in [3.05, 3.63) is 52.0 Å². The molecule has 28 heavy (non-hydrogen) atoms. The van der Waals surface area contributed by atoms with E-state index in [1.807, 2.05) is 0 Å². The first-order valence-electron chi connectivity index (χ1n) is 8.64. The van der Waals surface area contributed by atoms with Crippen molar-refractivity contribution in [2.45, 2.75) is 17.7 Å². The molecule has 0 spiro atoms. The highest BCUT2D eigenvalue weighted by atomic mass is 35.5. The lowest BCUT2D eigenvalue weighted by molar-refractivity contribution is -0.120. The molecule has 0 aromatic heterocycles. The Kier molecular flexibility index (Phi) is 6.19. The number of benzene rings is 2. The summed E-state index contributed by atoms with van der Waals surface area (Å²) >= 11 is 12.0. The Labute approximate surface area is 174 Å². The minimum atomic E-state index is -3.53. The molecule has 0 radical (unpaired) electrons. The summed E-state index contributed by atoms with van der Waals surface area (Å²) in [5.41, 5.74) is 1.53. The summed E-state index contributed by atoms with van der Waals surface area (Å²) in [6.45, 7) is 0.343. The van der Waals surface area contributed by atoms with Gasteiger partial charge >= 0.3 is 0 Å². The van der Waals surface area contributed by atoms with Crippen LogP contribution in [0.15, 0.2) is 41.3 Å². The molecule has 6 nitrogen and oxygen atoms in total. The van der Waals surface area contributed by atoms with Gasteiger partial charge in [-0.15, -0.1) is 0 Å². The van der Waals surface area contributed by atoms with E-state index in [-0.39, 0.29) is 17.4 Å². The highest BCUT2D eigenvalue weighted by molar-refractivity contribution is 7.89. The highest BCUT2D eigenvalue weighted by Gasteiger charge is 2.26. The lowest BCUT2D eigenvalue weighted by Gasteiger charge is -2.30. The van der Waals surface area contributed by atoms with E-state index < -0.39 is 10.0 Å². The molecule has 3 rings (SSSR count). The molecule has 150 valence electrons. The average molecular weight is 443 g/mol. The molecule has 1 aliphatic heterocycles. The van der Waals surface area contributed by atoms with Crippen LogP contribution in [0.3, 0.4) is 0 Å². The van der Waals surface area contributed by atoms with Crippen molar-refractivity contribution >= 4 is 44.8 Å². The van der Waals surface area contributed by atoms with Crippen molar-refractivity contribution in [2.75, 3.05) is 32.1 Å². The summed E-state index contributed by atoms with van der Waals surface area (Å²) in [6.07, 6.45) is 1.44. The third-order valence-corrected chi connectivity index (χ3v) is 6.85. The predicted octanol–water partition coefficient (Wildman–Crippen LogP) is 3.60. The minimum absolute atomic E-state index is 0.197. The summed E-state index contributed by atoms with van der Waals surface area (Å²) < 4.78 is 31.4. The first-order valence-corrected chi connectivity index (χ1v) is 10.8. The van der Waals surface area contributed by atoms with E-state index in [0.717, 1.165) is 12.0 Å². The van der Waals surface area contributed by atoms with Crippen LogP contribution >= 0.6 is 23.2 Å². The van der Waals surface area contributed by atoms with Gasteiger partial charge in [-0.2, -0.15) is 0 Å². The molecular formula is C19H20Cl2N2O4S.